The van der Waals surface area contributed by atoms with E-state index in [0.717, 1.165) is 49.4 Å². The average molecular weight is 279 g/mol. The highest BCUT2D eigenvalue weighted by atomic mass is 16.5. The minimum absolute atomic E-state index is 0.587. The molecule has 112 valence electrons. The largest absolute Gasteiger partial charge is 0.490 e. The van der Waals surface area contributed by atoms with Crippen molar-refractivity contribution in [3.05, 3.63) is 23.8 Å². The highest BCUT2D eigenvalue weighted by Crippen LogP contribution is 2.37. The van der Waals surface area contributed by atoms with Crippen molar-refractivity contribution in [1.82, 2.24) is 5.32 Å². The summed E-state index contributed by atoms with van der Waals surface area (Å²) in [4.78, 5) is 0. The van der Waals surface area contributed by atoms with Gasteiger partial charge in [-0.05, 0) is 63.9 Å². The van der Waals surface area contributed by atoms with Gasteiger partial charge in [-0.2, -0.15) is 0 Å². The van der Waals surface area contributed by atoms with Crippen LogP contribution in [0.25, 0.3) is 0 Å². The van der Waals surface area contributed by atoms with Gasteiger partial charge >= 0.3 is 0 Å². The number of hydrogen-bond acceptors (Lipinski definition) is 4. The molecule has 1 aliphatic heterocycles. The van der Waals surface area contributed by atoms with Crippen LogP contribution < -0.4 is 14.8 Å². The Morgan fingerprint density at radius 2 is 1.85 bits per heavy atom. The van der Waals surface area contributed by atoms with E-state index in [1.165, 1.54) is 0 Å². The monoisotopic (exact) mass is 279 g/mol. The zero-order chi connectivity index (χ0) is 14.4. The van der Waals surface area contributed by atoms with Crippen molar-refractivity contribution in [3.63, 3.8) is 0 Å². The van der Waals surface area contributed by atoms with Crippen molar-refractivity contribution < 1.29 is 14.6 Å². The lowest BCUT2D eigenvalue weighted by Crippen LogP contribution is -2.27. The van der Waals surface area contributed by atoms with Crippen LogP contribution in [0.3, 0.4) is 0 Å². The van der Waals surface area contributed by atoms with Gasteiger partial charge < -0.3 is 19.9 Å². The molecule has 0 bridgehead atoms. The predicted octanol–water partition coefficient (Wildman–Crippen LogP) is 2.45. The van der Waals surface area contributed by atoms with E-state index < -0.39 is 5.60 Å². The quantitative estimate of drug-likeness (QED) is 0.869. The molecule has 1 aromatic rings. The predicted molar refractivity (Wildman–Crippen MR) is 79.4 cm³/mol. The molecular formula is C16H25NO3. The summed E-state index contributed by atoms with van der Waals surface area (Å²) >= 11 is 0. The first-order valence-corrected chi connectivity index (χ1v) is 7.53. The molecule has 0 amide bonds. The molecule has 1 atom stereocenters. The van der Waals surface area contributed by atoms with E-state index in [4.69, 9.17) is 9.47 Å². The molecule has 0 aliphatic carbocycles. The summed E-state index contributed by atoms with van der Waals surface area (Å²) in [6.45, 7) is 6.91. The van der Waals surface area contributed by atoms with Gasteiger partial charge in [-0.25, -0.2) is 0 Å². The summed E-state index contributed by atoms with van der Waals surface area (Å²) in [5.74, 6) is 1.46. The molecule has 1 aliphatic rings. The van der Waals surface area contributed by atoms with Crippen molar-refractivity contribution in [3.8, 4) is 11.5 Å². The molecule has 1 fully saturated rings. The van der Waals surface area contributed by atoms with Crippen LogP contribution >= 0.6 is 0 Å². The van der Waals surface area contributed by atoms with Gasteiger partial charge in [-0.1, -0.05) is 6.07 Å². The van der Waals surface area contributed by atoms with Crippen molar-refractivity contribution >= 4 is 0 Å². The third-order valence-electron chi connectivity index (χ3n) is 3.74. The SMILES string of the molecule is CCOc1ccc(C2(O)CCCNCC2)cc1OCC. The summed E-state index contributed by atoms with van der Waals surface area (Å²) in [6.07, 6.45) is 2.49. The first kappa shape index (κ1) is 15.1. The van der Waals surface area contributed by atoms with Gasteiger partial charge in [0.2, 0.25) is 0 Å². The van der Waals surface area contributed by atoms with Crippen LogP contribution in [-0.2, 0) is 5.60 Å². The smallest absolute Gasteiger partial charge is 0.161 e. The first-order chi connectivity index (χ1) is 9.69. The van der Waals surface area contributed by atoms with Crippen LogP contribution in [0, 0.1) is 0 Å². The highest BCUT2D eigenvalue weighted by Gasteiger charge is 2.30. The van der Waals surface area contributed by atoms with E-state index in [1.807, 2.05) is 32.0 Å². The standard InChI is InChI=1S/C16H25NO3/c1-3-19-14-7-6-13(12-15(14)20-4-2)16(18)8-5-10-17-11-9-16/h6-7,12,17-18H,3-5,8-11H2,1-2H3. The van der Waals surface area contributed by atoms with Gasteiger partial charge in [-0.15, -0.1) is 0 Å². The highest BCUT2D eigenvalue weighted by molar-refractivity contribution is 5.44. The second kappa shape index (κ2) is 6.95. The van der Waals surface area contributed by atoms with Crippen LogP contribution in [0.5, 0.6) is 11.5 Å². The van der Waals surface area contributed by atoms with Crippen LogP contribution in [0.2, 0.25) is 0 Å². The van der Waals surface area contributed by atoms with E-state index in [1.54, 1.807) is 0 Å². The van der Waals surface area contributed by atoms with E-state index in [-0.39, 0.29) is 0 Å². The van der Waals surface area contributed by atoms with E-state index in [9.17, 15) is 5.11 Å². The summed E-state index contributed by atoms with van der Waals surface area (Å²) in [5.41, 5.74) is 0.160. The zero-order valence-corrected chi connectivity index (χ0v) is 12.4. The Kier molecular flexibility index (Phi) is 5.26. The average Bonchev–Trinajstić information content (AvgIpc) is 2.67. The molecule has 1 unspecified atom stereocenters. The summed E-state index contributed by atoms with van der Waals surface area (Å²) in [6, 6.07) is 5.79. The number of nitrogens with one attached hydrogen (secondary N) is 1. The zero-order valence-electron chi connectivity index (χ0n) is 12.4. The van der Waals surface area contributed by atoms with E-state index >= 15 is 0 Å². The summed E-state index contributed by atoms with van der Waals surface area (Å²) < 4.78 is 11.2. The van der Waals surface area contributed by atoms with Gasteiger partial charge in [0.15, 0.2) is 11.5 Å². The number of aliphatic hydroxyl groups is 1. The molecule has 1 heterocycles. The lowest BCUT2D eigenvalue weighted by atomic mass is 9.86. The maximum absolute atomic E-state index is 10.9. The molecule has 2 rings (SSSR count). The fourth-order valence-electron chi connectivity index (χ4n) is 2.68. The second-order valence-corrected chi connectivity index (χ2v) is 5.16. The molecule has 1 saturated heterocycles. The van der Waals surface area contributed by atoms with Crippen LogP contribution in [0.4, 0.5) is 0 Å². The third kappa shape index (κ3) is 3.44. The molecule has 0 aromatic heterocycles. The molecule has 1 aromatic carbocycles. The van der Waals surface area contributed by atoms with Crippen LogP contribution in [-0.4, -0.2) is 31.4 Å². The lowest BCUT2D eigenvalue weighted by Gasteiger charge is -2.27. The van der Waals surface area contributed by atoms with Crippen LogP contribution in [0.15, 0.2) is 18.2 Å². The van der Waals surface area contributed by atoms with Gasteiger partial charge in [-0.3, -0.25) is 0 Å². The maximum Gasteiger partial charge on any atom is 0.161 e. The number of ether oxygens (including phenoxy) is 2. The van der Waals surface area contributed by atoms with E-state index in [0.29, 0.717) is 13.2 Å². The van der Waals surface area contributed by atoms with Crippen molar-refractivity contribution in [2.24, 2.45) is 0 Å². The maximum atomic E-state index is 10.9. The molecule has 0 spiro atoms. The minimum atomic E-state index is -0.764. The topological polar surface area (TPSA) is 50.7 Å². The molecule has 4 heteroatoms. The Labute approximate surface area is 121 Å². The van der Waals surface area contributed by atoms with Crippen LogP contribution in [0.1, 0.15) is 38.7 Å². The number of hydrogen-bond donors (Lipinski definition) is 2. The summed E-state index contributed by atoms with van der Waals surface area (Å²) in [5, 5.41) is 14.2. The fourth-order valence-corrected chi connectivity index (χ4v) is 2.68. The molecule has 2 N–H and O–H groups in total. The Morgan fingerprint density at radius 3 is 2.60 bits per heavy atom. The molecule has 4 nitrogen and oxygen atoms in total. The molecule has 20 heavy (non-hydrogen) atoms. The Morgan fingerprint density at radius 1 is 1.10 bits per heavy atom. The van der Waals surface area contributed by atoms with Gasteiger partial charge in [0.1, 0.15) is 0 Å². The normalized spacial score (nSPS) is 23.1. The van der Waals surface area contributed by atoms with Gasteiger partial charge in [0, 0.05) is 0 Å². The van der Waals surface area contributed by atoms with Crippen molar-refractivity contribution in [2.75, 3.05) is 26.3 Å². The number of rotatable bonds is 5. The third-order valence-corrected chi connectivity index (χ3v) is 3.74. The minimum Gasteiger partial charge on any atom is -0.490 e. The number of benzene rings is 1. The molecule has 0 radical (unpaired) electrons. The molecule has 0 saturated carbocycles. The van der Waals surface area contributed by atoms with Crippen molar-refractivity contribution in [2.45, 2.75) is 38.7 Å². The Hall–Kier alpha value is -1.26. The first-order valence-electron chi connectivity index (χ1n) is 7.53. The Balaban J connectivity index is 2.28. The fraction of sp³-hybridized carbons (Fsp3) is 0.625. The molecular weight excluding hydrogens is 254 g/mol. The second-order valence-electron chi connectivity index (χ2n) is 5.16. The van der Waals surface area contributed by atoms with Gasteiger partial charge in [0.25, 0.3) is 0 Å². The van der Waals surface area contributed by atoms with E-state index in [2.05, 4.69) is 5.32 Å². The van der Waals surface area contributed by atoms with Gasteiger partial charge in [0.05, 0.1) is 18.8 Å². The Bertz CT molecular complexity index is 426. The lowest BCUT2D eigenvalue weighted by molar-refractivity contribution is 0.0237. The van der Waals surface area contributed by atoms with Crippen molar-refractivity contribution in [1.29, 1.82) is 0 Å². The summed E-state index contributed by atoms with van der Waals surface area (Å²) in [7, 11) is 0.